The van der Waals surface area contributed by atoms with E-state index >= 15 is 0 Å². The summed E-state index contributed by atoms with van der Waals surface area (Å²) < 4.78 is 2.16. The number of imidazole rings is 1. The van der Waals surface area contributed by atoms with Gasteiger partial charge in [-0.15, -0.1) is 0 Å². The second-order valence-electron chi connectivity index (χ2n) is 8.17. The van der Waals surface area contributed by atoms with E-state index in [0.29, 0.717) is 18.6 Å². The molecular weight excluding hydrogens is 360 g/mol. The predicted molar refractivity (Wildman–Crippen MR) is 120 cm³/mol. The second-order valence-corrected chi connectivity index (χ2v) is 8.17. The third kappa shape index (κ3) is 6.32. The molecule has 0 radical (unpaired) electrons. The molecule has 1 saturated heterocycles. The van der Waals surface area contributed by atoms with Gasteiger partial charge < -0.3 is 20.1 Å². The van der Waals surface area contributed by atoms with E-state index in [1.807, 2.05) is 19.3 Å². The van der Waals surface area contributed by atoms with E-state index < -0.39 is 0 Å². The SMILES string of the molecule is CCNC(=NCc1cccc(Cn2ccnc2C)c1)NC1CCN(C(C)C)CC1. The van der Waals surface area contributed by atoms with Crippen LogP contribution in [0.15, 0.2) is 41.7 Å². The van der Waals surface area contributed by atoms with Crippen LogP contribution in [0.25, 0.3) is 0 Å². The van der Waals surface area contributed by atoms with Crippen LogP contribution in [0.3, 0.4) is 0 Å². The van der Waals surface area contributed by atoms with Crippen LogP contribution in [0, 0.1) is 6.92 Å². The second kappa shape index (κ2) is 10.4. The van der Waals surface area contributed by atoms with Gasteiger partial charge in [-0.05, 0) is 51.7 Å². The molecule has 0 amide bonds. The summed E-state index contributed by atoms with van der Waals surface area (Å²) >= 11 is 0. The summed E-state index contributed by atoms with van der Waals surface area (Å²) in [5.41, 5.74) is 2.50. The van der Waals surface area contributed by atoms with Crippen molar-refractivity contribution < 1.29 is 0 Å². The fourth-order valence-corrected chi connectivity index (χ4v) is 3.84. The largest absolute Gasteiger partial charge is 0.357 e. The molecule has 6 heteroatoms. The normalized spacial score (nSPS) is 16.4. The first-order valence-electron chi connectivity index (χ1n) is 10.9. The lowest BCUT2D eigenvalue weighted by atomic mass is 10.0. The van der Waals surface area contributed by atoms with Crippen molar-refractivity contribution in [2.45, 2.75) is 65.7 Å². The molecule has 0 unspecified atom stereocenters. The lowest BCUT2D eigenvalue weighted by Gasteiger charge is -2.35. The molecule has 29 heavy (non-hydrogen) atoms. The van der Waals surface area contributed by atoms with Crippen LogP contribution < -0.4 is 10.6 Å². The third-order valence-corrected chi connectivity index (χ3v) is 5.63. The van der Waals surface area contributed by atoms with Crippen molar-refractivity contribution in [3.8, 4) is 0 Å². The van der Waals surface area contributed by atoms with Crippen LogP contribution in [-0.2, 0) is 13.1 Å². The highest BCUT2D eigenvalue weighted by molar-refractivity contribution is 5.80. The van der Waals surface area contributed by atoms with E-state index in [-0.39, 0.29) is 0 Å². The van der Waals surface area contributed by atoms with Crippen LogP contribution >= 0.6 is 0 Å². The number of aliphatic imine (C=N–C) groups is 1. The number of hydrogen-bond acceptors (Lipinski definition) is 3. The van der Waals surface area contributed by atoms with Gasteiger partial charge in [0.15, 0.2) is 5.96 Å². The van der Waals surface area contributed by atoms with E-state index in [2.05, 4.69) is 70.1 Å². The molecule has 0 aliphatic carbocycles. The Kier molecular flexibility index (Phi) is 7.69. The molecule has 0 bridgehead atoms. The first kappa shape index (κ1) is 21.4. The quantitative estimate of drug-likeness (QED) is 0.558. The van der Waals surface area contributed by atoms with E-state index in [9.17, 15) is 0 Å². The topological polar surface area (TPSA) is 57.5 Å². The van der Waals surface area contributed by atoms with E-state index in [4.69, 9.17) is 4.99 Å². The van der Waals surface area contributed by atoms with Crippen molar-refractivity contribution in [2.24, 2.45) is 4.99 Å². The van der Waals surface area contributed by atoms with E-state index in [0.717, 1.165) is 38.0 Å². The van der Waals surface area contributed by atoms with E-state index in [1.165, 1.54) is 24.0 Å². The van der Waals surface area contributed by atoms with Crippen LogP contribution in [-0.4, -0.2) is 52.1 Å². The van der Waals surface area contributed by atoms with Crippen molar-refractivity contribution >= 4 is 5.96 Å². The number of nitrogens with one attached hydrogen (secondary N) is 2. The zero-order chi connectivity index (χ0) is 20.6. The standard InChI is InChI=1S/C23H36N6/c1-5-24-23(27-22-9-12-28(13-10-22)18(2)3)26-16-20-7-6-8-21(15-20)17-29-14-11-25-19(29)4/h6-8,11,14-15,18,22H,5,9-10,12-13,16-17H2,1-4H3,(H2,24,26,27). The van der Waals surface area contributed by atoms with E-state index in [1.54, 1.807) is 0 Å². The Hall–Kier alpha value is -2.34. The first-order valence-corrected chi connectivity index (χ1v) is 10.9. The molecule has 2 heterocycles. The Morgan fingerprint density at radius 1 is 1.24 bits per heavy atom. The molecule has 158 valence electrons. The maximum atomic E-state index is 4.85. The first-order chi connectivity index (χ1) is 14.0. The molecule has 0 spiro atoms. The number of aryl methyl sites for hydroxylation is 1. The number of guanidine groups is 1. The number of aromatic nitrogens is 2. The van der Waals surface area contributed by atoms with Gasteiger partial charge in [0.2, 0.25) is 0 Å². The minimum absolute atomic E-state index is 0.498. The van der Waals surface area contributed by atoms with Gasteiger partial charge in [-0.25, -0.2) is 9.98 Å². The zero-order valence-electron chi connectivity index (χ0n) is 18.4. The molecule has 1 aromatic heterocycles. The van der Waals surface area contributed by atoms with Gasteiger partial charge in [-0.2, -0.15) is 0 Å². The van der Waals surface area contributed by atoms with Crippen molar-refractivity contribution in [3.63, 3.8) is 0 Å². The van der Waals surface area contributed by atoms with Crippen molar-refractivity contribution in [3.05, 3.63) is 53.6 Å². The molecule has 1 aliphatic heterocycles. The fourth-order valence-electron chi connectivity index (χ4n) is 3.84. The third-order valence-electron chi connectivity index (χ3n) is 5.63. The van der Waals surface area contributed by atoms with Crippen molar-refractivity contribution in [1.82, 2.24) is 25.1 Å². The molecule has 1 aromatic carbocycles. The summed E-state index contributed by atoms with van der Waals surface area (Å²) in [6.45, 7) is 13.4. The molecule has 1 fully saturated rings. The Morgan fingerprint density at radius 2 is 2.00 bits per heavy atom. The maximum absolute atomic E-state index is 4.85. The number of piperidine rings is 1. The summed E-state index contributed by atoms with van der Waals surface area (Å²) in [6, 6.07) is 9.81. The lowest BCUT2D eigenvalue weighted by Crippen LogP contribution is -2.49. The summed E-state index contributed by atoms with van der Waals surface area (Å²) in [6.07, 6.45) is 6.21. The number of nitrogens with zero attached hydrogens (tertiary/aromatic N) is 4. The molecule has 0 saturated carbocycles. The van der Waals surface area contributed by atoms with Crippen molar-refractivity contribution in [2.75, 3.05) is 19.6 Å². The lowest BCUT2D eigenvalue weighted by molar-refractivity contribution is 0.167. The fraction of sp³-hybridized carbons (Fsp3) is 0.565. The number of benzene rings is 1. The minimum atomic E-state index is 0.498. The summed E-state index contributed by atoms with van der Waals surface area (Å²) in [4.78, 5) is 11.7. The molecule has 3 rings (SSSR count). The predicted octanol–water partition coefficient (Wildman–Crippen LogP) is 3.17. The number of likely N-dealkylation sites (tertiary alicyclic amines) is 1. The van der Waals surface area contributed by atoms with Gasteiger partial charge >= 0.3 is 0 Å². The van der Waals surface area contributed by atoms with Crippen LogP contribution in [0.2, 0.25) is 0 Å². The number of rotatable bonds is 7. The van der Waals surface area contributed by atoms with Crippen molar-refractivity contribution in [1.29, 1.82) is 0 Å². The highest BCUT2D eigenvalue weighted by Crippen LogP contribution is 2.13. The monoisotopic (exact) mass is 396 g/mol. The average Bonchev–Trinajstić information content (AvgIpc) is 3.11. The zero-order valence-corrected chi connectivity index (χ0v) is 18.4. The van der Waals surface area contributed by atoms with Gasteiger partial charge in [0.25, 0.3) is 0 Å². The van der Waals surface area contributed by atoms with Crippen LogP contribution in [0.1, 0.15) is 50.6 Å². The Balaban J connectivity index is 1.58. The molecular formula is C23H36N6. The highest BCUT2D eigenvalue weighted by atomic mass is 15.2. The maximum Gasteiger partial charge on any atom is 0.191 e. The molecule has 1 aliphatic rings. The Labute approximate surface area is 175 Å². The summed E-state index contributed by atoms with van der Waals surface area (Å²) in [5.74, 6) is 1.96. The molecule has 0 atom stereocenters. The number of hydrogen-bond donors (Lipinski definition) is 2. The summed E-state index contributed by atoms with van der Waals surface area (Å²) in [7, 11) is 0. The molecule has 6 nitrogen and oxygen atoms in total. The molecule has 2 aromatic rings. The molecule has 2 N–H and O–H groups in total. The highest BCUT2D eigenvalue weighted by Gasteiger charge is 2.21. The Morgan fingerprint density at radius 3 is 2.66 bits per heavy atom. The average molecular weight is 397 g/mol. The van der Waals surface area contributed by atoms with Gasteiger partial charge in [-0.3, -0.25) is 0 Å². The summed E-state index contributed by atoms with van der Waals surface area (Å²) in [5, 5.41) is 7.05. The Bertz CT molecular complexity index is 786. The van der Waals surface area contributed by atoms with Gasteiger partial charge in [0.05, 0.1) is 6.54 Å². The minimum Gasteiger partial charge on any atom is -0.357 e. The van der Waals surface area contributed by atoms with Gasteiger partial charge in [0.1, 0.15) is 5.82 Å². The van der Waals surface area contributed by atoms with Crippen LogP contribution in [0.4, 0.5) is 0 Å². The van der Waals surface area contributed by atoms with Gasteiger partial charge in [-0.1, -0.05) is 24.3 Å². The van der Waals surface area contributed by atoms with Gasteiger partial charge in [0, 0.05) is 50.7 Å². The smallest absolute Gasteiger partial charge is 0.191 e. The van der Waals surface area contributed by atoms with Crippen LogP contribution in [0.5, 0.6) is 0 Å².